The normalized spacial score (nSPS) is 22.9. The molecule has 0 aromatic carbocycles. The smallest absolute Gasteiger partial charge is 0.0192 e. The number of rotatable bonds is 2. The minimum Gasteiger partial charge on any atom is -0.328 e. The summed E-state index contributed by atoms with van der Waals surface area (Å²) in [4.78, 5) is 2.57. The van der Waals surface area contributed by atoms with Crippen LogP contribution in [0.3, 0.4) is 0 Å². The summed E-state index contributed by atoms with van der Waals surface area (Å²) in [6.45, 7) is 3.63. The molecule has 0 aromatic heterocycles. The van der Waals surface area contributed by atoms with Crippen LogP contribution in [0.1, 0.15) is 38.5 Å². The Morgan fingerprint density at radius 3 is 2.44 bits per heavy atom. The molecule has 2 nitrogen and oxygen atoms in total. The zero-order valence-electron chi connectivity index (χ0n) is 9.86. The second-order valence-corrected chi connectivity index (χ2v) is 4.72. The molecule has 4 heteroatoms. The zero-order chi connectivity index (χ0) is 9.80. The molecular weight excluding hydrogens is 243 g/mol. The van der Waals surface area contributed by atoms with E-state index in [1.54, 1.807) is 5.57 Å². The summed E-state index contributed by atoms with van der Waals surface area (Å²) in [5.41, 5.74) is 7.56. The van der Waals surface area contributed by atoms with Crippen molar-refractivity contribution in [3.8, 4) is 0 Å². The van der Waals surface area contributed by atoms with Gasteiger partial charge < -0.3 is 5.73 Å². The molecule has 0 radical (unpaired) electrons. The highest BCUT2D eigenvalue weighted by Crippen LogP contribution is 2.19. The van der Waals surface area contributed by atoms with Crippen molar-refractivity contribution in [3.63, 3.8) is 0 Å². The number of halogens is 2. The molecule has 0 unspecified atom stereocenters. The molecule has 2 rings (SSSR count). The van der Waals surface area contributed by atoms with Crippen LogP contribution >= 0.6 is 24.8 Å². The Bertz CT molecular complexity index is 211. The molecular formula is C12H24Cl2N2. The third kappa shape index (κ3) is 5.05. The maximum absolute atomic E-state index is 5.89. The highest BCUT2D eigenvalue weighted by molar-refractivity contribution is 5.85. The first-order valence-electron chi connectivity index (χ1n) is 6.00. The maximum Gasteiger partial charge on any atom is 0.0192 e. The maximum atomic E-state index is 5.89. The Morgan fingerprint density at radius 2 is 1.88 bits per heavy atom. The molecule has 1 aliphatic heterocycles. The van der Waals surface area contributed by atoms with Crippen LogP contribution in [0.2, 0.25) is 0 Å². The largest absolute Gasteiger partial charge is 0.328 e. The molecule has 0 spiro atoms. The molecule has 0 saturated carbocycles. The highest BCUT2D eigenvalue weighted by Gasteiger charge is 2.17. The Labute approximate surface area is 111 Å². The summed E-state index contributed by atoms with van der Waals surface area (Å²) in [5, 5.41) is 0. The SMILES string of the molecule is Cl.Cl.NC1CCN(CC2=CCCCC2)CC1. The molecule has 1 heterocycles. The van der Waals surface area contributed by atoms with E-state index in [0.29, 0.717) is 6.04 Å². The average Bonchev–Trinajstić information content (AvgIpc) is 2.23. The third-order valence-corrected chi connectivity index (χ3v) is 3.44. The van der Waals surface area contributed by atoms with E-state index >= 15 is 0 Å². The first-order valence-corrected chi connectivity index (χ1v) is 6.00. The lowest BCUT2D eigenvalue weighted by Gasteiger charge is -2.31. The number of likely N-dealkylation sites (tertiary alicyclic amines) is 1. The second-order valence-electron chi connectivity index (χ2n) is 4.72. The monoisotopic (exact) mass is 266 g/mol. The molecule has 2 aliphatic rings. The predicted molar refractivity (Wildman–Crippen MR) is 74.7 cm³/mol. The van der Waals surface area contributed by atoms with Gasteiger partial charge in [0.25, 0.3) is 0 Å². The summed E-state index contributed by atoms with van der Waals surface area (Å²) in [7, 11) is 0. The summed E-state index contributed by atoms with van der Waals surface area (Å²) >= 11 is 0. The van der Waals surface area contributed by atoms with E-state index in [9.17, 15) is 0 Å². The fourth-order valence-corrected chi connectivity index (χ4v) is 2.45. The van der Waals surface area contributed by atoms with Crippen molar-refractivity contribution in [2.75, 3.05) is 19.6 Å². The molecule has 0 atom stereocenters. The van der Waals surface area contributed by atoms with Crippen molar-refractivity contribution >= 4 is 24.8 Å². The van der Waals surface area contributed by atoms with Gasteiger partial charge in [0.2, 0.25) is 0 Å². The van der Waals surface area contributed by atoms with Crippen LogP contribution in [0.15, 0.2) is 11.6 Å². The standard InChI is InChI=1S/C12H22N2.2ClH/c13-12-6-8-14(9-7-12)10-11-4-2-1-3-5-11;;/h4,12H,1-3,5-10,13H2;2*1H. The number of hydrogen-bond acceptors (Lipinski definition) is 2. The van der Waals surface area contributed by atoms with Crippen LogP contribution in [0.4, 0.5) is 0 Å². The van der Waals surface area contributed by atoms with Crippen molar-refractivity contribution in [2.24, 2.45) is 5.73 Å². The van der Waals surface area contributed by atoms with Gasteiger partial charge in [-0.25, -0.2) is 0 Å². The van der Waals surface area contributed by atoms with Crippen LogP contribution in [0.25, 0.3) is 0 Å². The molecule has 0 amide bonds. The molecule has 2 N–H and O–H groups in total. The van der Waals surface area contributed by atoms with Gasteiger partial charge in [-0.15, -0.1) is 24.8 Å². The Morgan fingerprint density at radius 1 is 1.19 bits per heavy atom. The van der Waals surface area contributed by atoms with Gasteiger partial charge in [-0.1, -0.05) is 11.6 Å². The molecule has 1 fully saturated rings. The number of hydrogen-bond donors (Lipinski definition) is 1. The van der Waals surface area contributed by atoms with E-state index in [1.165, 1.54) is 58.2 Å². The van der Waals surface area contributed by atoms with Gasteiger partial charge in [0.05, 0.1) is 0 Å². The van der Waals surface area contributed by atoms with Gasteiger partial charge >= 0.3 is 0 Å². The highest BCUT2D eigenvalue weighted by atomic mass is 35.5. The molecule has 0 aromatic rings. The van der Waals surface area contributed by atoms with Gasteiger partial charge in [-0.05, 0) is 51.6 Å². The Hall–Kier alpha value is 0.240. The van der Waals surface area contributed by atoms with Gasteiger partial charge in [0.1, 0.15) is 0 Å². The third-order valence-electron chi connectivity index (χ3n) is 3.44. The minimum absolute atomic E-state index is 0. The van der Waals surface area contributed by atoms with Crippen LogP contribution in [-0.4, -0.2) is 30.6 Å². The quantitative estimate of drug-likeness (QED) is 0.779. The number of allylic oxidation sites excluding steroid dienone is 1. The van der Waals surface area contributed by atoms with E-state index in [0.717, 1.165) is 0 Å². The minimum atomic E-state index is 0. The Balaban J connectivity index is 0.00000112. The lowest BCUT2D eigenvalue weighted by molar-refractivity contribution is 0.226. The average molecular weight is 267 g/mol. The van der Waals surface area contributed by atoms with Gasteiger partial charge in [0, 0.05) is 12.6 Å². The van der Waals surface area contributed by atoms with E-state index in [2.05, 4.69) is 11.0 Å². The molecule has 1 aliphatic carbocycles. The van der Waals surface area contributed by atoms with Crippen molar-refractivity contribution in [1.29, 1.82) is 0 Å². The Kier molecular flexibility index (Phi) is 8.47. The van der Waals surface area contributed by atoms with Crippen molar-refractivity contribution in [2.45, 2.75) is 44.6 Å². The van der Waals surface area contributed by atoms with Crippen molar-refractivity contribution < 1.29 is 0 Å². The van der Waals surface area contributed by atoms with Gasteiger partial charge in [-0.2, -0.15) is 0 Å². The lowest BCUT2D eigenvalue weighted by Crippen LogP contribution is -2.40. The van der Waals surface area contributed by atoms with Crippen LogP contribution in [0.5, 0.6) is 0 Å². The zero-order valence-corrected chi connectivity index (χ0v) is 11.5. The lowest BCUT2D eigenvalue weighted by atomic mass is 9.98. The van der Waals surface area contributed by atoms with E-state index in [1.807, 2.05) is 0 Å². The molecule has 0 bridgehead atoms. The number of nitrogens with two attached hydrogens (primary N) is 1. The van der Waals surface area contributed by atoms with Crippen molar-refractivity contribution in [3.05, 3.63) is 11.6 Å². The molecule has 96 valence electrons. The fraction of sp³-hybridized carbons (Fsp3) is 0.833. The van der Waals surface area contributed by atoms with Crippen LogP contribution in [-0.2, 0) is 0 Å². The van der Waals surface area contributed by atoms with Crippen LogP contribution < -0.4 is 5.73 Å². The summed E-state index contributed by atoms with van der Waals surface area (Å²) in [5.74, 6) is 0. The van der Waals surface area contributed by atoms with E-state index in [4.69, 9.17) is 5.73 Å². The first kappa shape index (κ1) is 16.2. The van der Waals surface area contributed by atoms with E-state index in [-0.39, 0.29) is 24.8 Å². The first-order chi connectivity index (χ1) is 6.84. The number of piperidine rings is 1. The molecule has 1 saturated heterocycles. The van der Waals surface area contributed by atoms with Crippen molar-refractivity contribution in [1.82, 2.24) is 4.90 Å². The number of nitrogens with zero attached hydrogens (tertiary/aromatic N) is 1. The second kappa shape index (κ2) is 8.35. The summed E-state index contributed by atoms with van der Waals surface area (Å²) < 4.78 is 0. The topological polar surface area (TPSA) is 29.3 Å². The van der Waals surface area contributed by atoms with E-state index < -0.39 is 0 Å². The van der Waals surface area contributed by atoms with Crippen LogP contribution in [0, 0.1) is 0 Å². The molecule has 16 heavy (non-hydrogen) atoms. The predicted octanol–water partition coefficient (Wildman–Crippen LogP) is 2.75. The van der Waals surface area contributed by atoms with Gasteiger partial charge in [-0.3, -0.25) is 4.90 Å². The summed E-state index contributed by atoms with van der Waals surface area (Å²) in [6, 6.07) is 0.464. The fourth-order valence-electron chi connectivity index (χ4n) is 2.45. The summed E-state index contributed by atoms with van der Waals surface area (Å²) in [6.07, 6.45) is 10.3. The van der Waals surface area contributed by atoms with Gasteiger partial charge in [0.15, 0.2) is 0 Å².